The maximum atomic E-state index is 13.5. The first kappa shape index (κ1) is 21.9. The van der Waals surface area contributed by atoms with Gasteiger partial charge in [-0.15, -0.1) is 0 Å². The molecule has 1 unspecified atom stereocenters. The number of likely N-dealkylation sites (N-methyl/N-ethyl adjacent to an activating group) is 1. The number of nitrogens with zero attached hydrogens (tertiary/aromatic N) is 2. The summed E-state index contributed by atoms with van der Waals surface area (Å²) in [5, 5.41) is 2.67. The molecule has 0 heterocycles. The van der Waals surface area contributed by atoms with Gasteiger partial charge in [0.2, 0.25) is 11.8 Å². The number of hydrogen-bond acceptors (Lipinski definition) is 3. The Morgan fingerprint density at radius 3 is 2.38 bits per heavy atom. The van der Waals surface area contributed by atoms with Crippen LogP contribution in [0.25, 0.3) is 0 Å². The molecule has 29 heavy (non-hydrogen) atoms. The molecule has 0 saturated carbocycles. The molecule has 0 aliphatic carbocycles. The third-order valence-corrected chi connectivity index (χ3v) is 4.44. The maximum absolute atomic E-state index is 13.5. The van der Waals surface area contributed by atoms with Gasteiger partial charge in [0.05, 0.1) is 0 Å². The second-order valence-electron chi connectivity index (χ2n) is 6.69. The lowest BCUT2D eigenvalue weighted by atomic mass is 10.0. The van der Waals surface area contributed by atoms with Crippen LogP contribution in [0.4, 0.5) is 9.18 Å². The molecule has 3 N–H and O–H groups in total. The summed E-state index contributed by atoms with van der Waals surface area (Å²) in [6.45, 7) is 0.527. The second-order valence-corrected chi connectivity index (χ2v) is 6.69. The van der Waals surface area contributed by atoms with Gasteiger partial charge in [0.25, 0.3) is 0 Å². The fourth-order valence-corrected chi connectivity index (χ4v) is 2.92. The Morgan fingerprint density at radius 1 is 1.07 bits per heavy atom. The molecular formula is C21H25FN4O3. The lowest BCUT2D eigenvalue weighted by Gasteiger charge is -2.26. The Morgan fingerprint density at radius 2 is 1.76 bits per heavy atom. The molecule has 0 spiro atoms. The first-order chi connectivity index (χ1) is 13.8. The van der Waals surface area contributed by atoms with Crippen molar-refractivity contribution in [2.45, 2.75) is 19.0 Å². The van der Waals surface area contributed by atoms with E-state index in [0.29, 0.717) is 12.1 Å². The molecule has 8 heteroatoms. The van der Waals surface area contributed by atoms with Crippen LogP contribution in [-0.4, -0.2) is 48.3 Å². The maximum Gasteiger partial charge on any atom is 0.317 e. The van der Waals surface area contributed by atoms with Gasteiger partial charge < -0.3 is 20.9 Å². The zero-order chi connectivity index (χ0) is 21.4. The number of carbonyl (C=O) groups is 3. The SMILES string of the molecule is CN(Cc1ccccc1)C(=O)NCCC(=O)N(C)C(C(N)=O)c1cccc(F)c1. The van der Waals surface area contributed by atoms with Gasteiger partial charge in [0, 0.05) is 33.6 Å². The normalized spacial score (nSPS) is 11.4. The number of primary amides is 1. The number of nitrogens with two attached hydrogens (primary N) is 1. The molecule has 4 amide bonds. The Labute approximate surface area is 169 Å². The van der Waals surface area contributed by atoms with Gasteiger partial charge in [-0.2, -0.15) is 0 Å². The van der Waals surface area contributed by atoms with Gasteiger partial charge in [-0.1, -0.05) is 42.5 Å². The van der Waals surface area contributed by atoms with E-state index in [2.05, 4.69) is 5.32 Å². The molecule has 0 aliphatic heterocycles. The lowest BCUT2D eigenvalue weighted by molar-refractivity contribution is -0.137. The van der Waals surface area contributed by atoms with E-state index in [1.807, 2.05) is 30.3 Å². The zero-order valence-electron chi connectivity index (χ0n) is 16.5. The summed E-state index contributed by atoms with van der Waals surface area (Å²) in [6.07, 6.45) is -0.0273. The minimum absolute atomic E-state index is 0.0273. The number of rotatable bonds is 8. The topological polar surface area (TPSA) is 95.7 Å². The minimum Gasteiger partial charge on any atom is -0.368 e. The van der Waals surface area contributed by atoms with E-state index in [-0.39, 0.29) is 19.0 Å². The fourth-order valence-electron chi connectivity index (χ4n) is 2.92. The molecular weight excluding hydrogens is 375 g/mol. The highest BCUT2D eigenvalue weighted by molar-refractivity contribution is 5.87. The molecule has 2 aromatic rings. The molecule has 2 rings (SSSR count). The van der Waals surface area contributed by atoms with E-state index < -0.39 is 23.7 Å². The van der Waals surface area contributed by atoms with Crippen molar-refractivity contribution < 1.29 is 18.8 Å². The average Bonchev–Trinajstić information content (AvgIpc) is 2.68. The molecule has 0 fully saturated rings. The van der Waals surface area contributed by atoms with Crippen molar-refractivity contribution in [3.63, 3.8) is 0 Å². The van der Waals surface area contributed by atoms with Crippen molar-refractivity contribution in [2.24, 2.45) is 5.73 Å². The molecule has 0 bridgehead atoms. The van der Waals surface area contributed by atoms with Gasteiger partial charge in [-0.25, -0.2) is 9.18 Å². The molecule has 0 saturated heterocycles. The molecule has 7 nitrogen and oxygen atoms in total. The molecule has 2 aromatic carbocycles. The van der Waals surface area contributed by atoms with Crippen LogP contribution in [0.5, 0.6) is 0 Å². The highest BCUT2D eigenvalue weighted by Gasteiger charge is 2.26. The first-order valence-electron chi connectivity index (χ1n) is 9.13. The number of nitrogens with one attached hydrogen (secondary N) is 1. The highest BCUT2D eigenvalue weighted by atomic mass is 19.1. The monoisotopic (exact) mass is 400 g/mol. The third-order valence-electron chi connectivity index (χ3n) is 4.44. The van der Waals surface area contributed by atoms with Crippen molar-refractivity contribution in [3.8, 4) is 0 Å². The van der Waals surface area contributed by atoms with Crippen molar-refractivity contribution >= 4 is 17.8 Å². The van der Waals surface area contributed by atoms with E-state index >= 15 is 0 Å². The molecule has 0 radical (unpaired) electrons. The van der Waals surface area contributed by atoms with Crippen LogP contribution in [0.1, 0.15) is 23.6 Å². The summed E-state index contributed by atoms with van der Waals surface area (Å²) in [5.41, 5.74) is 6.69. The largest absolute Gasteiger partial charge is 0.368 e. The number of carbonyl (C=O) groups excluding carboxylic acids is 3. The Kier molecular flexibility index (Phi) is 7.70. The summed E-state index contributed by atoms with van der Waals surface area (Å²) >= 11 is 0. The van der Waals surface area contributed by atoms with E-state index in [9.17, 15) is 18.8 Å². The van der Waals surface area contributed by atoms with Crippen molar-refractivity contribution in [1.82, 2.24) is 15.1 Å². The smallest absolute Gasteiger partial charge is 0.317 e. The van der Waals surface area contributed by atoms with Crippen LogP contribution in [0.3, 0.4) is 0 Å². The van der Waals surface area contributed by atoms with E-state index in [4.69, 9.17) is 5.73 Å². The Balaban J connectivity index is 1.88. The van der Waals surface area contributed by atoms with Crippen molar-refractivity contribution in [1.29, 1.82) is 0 Å². The van der Waals surface area contributed by atoms with Crippen LogP contribution in [0.15, 0.2) is 54.6 Å². The van der Waals surface area contributed by atoms with Crippen LogP contribution in [-0.2, 0) is 16.1 Å². The minimum atomic E-state index is -1.09. The van der Waals surface area contributed by atoms with Gasteiger partial charge in [0.1, 0.15) is 11.9 Å². The van der Waals surface area contributed by atoms with Gasteiger partial charge in [-0.3, -0.25) is 9.59 Å². The lowest BCUT2D eigenvalue weighted by Crippen LogP contribution is -2.42. The predicted octanol–water partition coefficient (Wildman–Crippen LogP) is 2.04. The summed E-state index contributed by atoms with van der Waals surface area (Å²) in [6, 6.07) is 13.5. The first-order valence-corrected chi connectivity index (χ1v) is 9.13. The molecule has 1 atom stereocenters. The number of halogens is 1. The fraction of sp³-hybridized carbons (Fsp3) is 0.286. The van der Waals surface area contributed by atoms with Crippen molar-refractivity contribution in [2.75, 3.05) is 20.6 Å². The molecule has 154 valence electrons. The third kappa shape index (κ3) is 6.31. The number of hydrogen-bond donors (Lipinski definition) is 2. The van der Waals surface area contributed by atoms with Crippen LogP contribution >= 0.6 is 0 Å². The van der Waals surface area contributed by atoms with Crippen LogP contribution in [0.2, 0.25) is 0 Å². The Hall–Kier alpha value is -3.42. The quantitative estimate of drug-likeness (QED) is 0.710. The molecule has 0 aliphatic rings. The standard InChI is InChI=1S/C21H25FN4O3/c1-25(14-15-7-4-3-5-8-15)21(29)24-12-11-18(27)26(2)19(20(23)28)16-9-6-10-17(22)13-16/h3-10,13,19H,11-12,14H2,1-2H3,(H2,23,28)(H,24,29). The number of urea groups is 1. The summed E-state index contributed by atoms with van der Waals surface area (Å²) < 4.78 is 13.5. The van der Waals surface area contributed by atoms with Gasteiger partial charge in [-0.05, 0) is 23.3 Å². The summed E-state index contributed by atoms with van der Waals surface area (Å²) in [4.78, 5) is 39.1. The van der Waals surface area contributed by atoms with E-state index in [1.165, 1.54) is 36.2 Å². The number of benzene rings is 2. The van der Waals surface area contributed by atoms with E-state index in [1.54, 1.807) is 7.05 Å². The summed E-state index contributed by atoms with van der Waals surface area (Å²) in [7, 11) is 3.08. The van der Waals surface area contributed by atoms with Crippen LogP contribution < -0.4 is 11.1 Å². The predicted molar refractivity (Wildman–Crippen MR) is 107 cm³/mol. The average molecular weight is 400 g/mol. The Bertz CT molecular complexity index is 860. The van der Waals surface area contributed by atoms with E-state index in [0.717, 1.165) is 10.5 Å². The van der Waals surface area contributed by atoms with Crippen LogP contribution in [0, 0.1) is 5.82 Å². The van der Waals surface area contributed by atoms with Gasteiger partial charge in [0.15, 0.2) is 0 Å². The molecule has 0 aromatic heterocycles. The highest BCUT2D eigenvalue weighted by Crippen LogP contribution is 2.20. The van der Waals surface area contributed by atoms with Gasteiger partial charge >= 0.3 is 6.03 Å². The number of amides is 4. The van der Waals surface area contributed by atoms with Crippen molar-refractivity contribution in [3.05, 3.63) is 71.5 Å². The zero-order valence-corrected chi connectivity index (χ0v) is 16.5. The summed E-state index contributed by atoms with van der Waals surface area (Å²) in [5.74, 6) is -1.69. The second kappa shape index (κ2) is 10.2.